The highest BCUT2D eigenvalue weighted by molar-refractivity contribution is 7.47. The van der Waals surface area contributed by atoms with Gasteiger partial charge in [-0.15, -0.1) is 0 Å². The van der Waals surface area contributed by atoms with Gasteiger partial charge in [-0.2, -0.15) is 0 Å². The number of hydrogen-bond donors (Lipinski definition) is 4. The number of phosphoric ester groups is 1. The second-order valence-corrected chi connectivity index (χ2v) is 7.45. The molecule has 1 aliphatic heterocycles. The van der Waals surface area contributed by atoms with Crippen molar-refractivity contribution in [2.45, 2.75) is 44.3 Å². The number of rotatable bonds is 8. The third-order valence-corrected chi connectivity index (χ3v) is 5.18. The molecule has 13 heteroatoms. The molecule has 5 atom stereocenters. The van der Waals surface area contributed by atoms with Crippen molar-refractivity contribution in [1.82, 2.24) is 19.5 Å². The molecule has 0 radical (unpaired) electrons. The van der Waals surface area contributed by atoms with Gasteiger partial charge >= 0.3 is 7.82 Å². The van der Waals surface area contributed by atoms with Crippen molar-refractivity contribution < 1.29 is 33.5 Å². The molecule has 0 bridgehead atoms. The standard InChI is InChI=1S/C14H22N5O7P/c1-2-3-4-24-27(22,23)26-11-8(5-20)25-14(10(11)21)19-7-18-9-12(15)16-6-17-13(9)19/h6-8,10-11,14,20-21H,2-5H2,1H3,(H,22,23)(H2,15,16,17). The van der Waals surface area contributed by atoms with Crippen molar-refractivity contribution in [2.75, 3.05) is 18.9 Å². The van der Waals surface area contributed by atoms with Crippen LogP contribution in [0.25, 0.3) is 11.2 Å². The van der Waals surface area contributed by atoms with Crippen LogP contribution in [0.5, 0.6) is 0 Å². The molecule has 0 aliphatic carbocycles. The van der Waals surface area contributed by atoms with Gasteiger partial charge in [0.1, 0.15) is 30.2 Å². The lowest BCUT2D eigenvalue weighted by Gasteiger charge is -2.22. The van der Waals surface area contributed by atoms with Crippen LogP contribution in [-0.2, 0) is 18.3 Å². The van der Waals surface area contributed by atoms with Gasteiger partial charge in [-0.05, 0) is 6.42 Å². The van der Waals surface area contributed by atoms with Crippen molar-refractivity contribution in [3.8, 4) is 0 Å². The van der Waals surface area contributed by atoms with Crippen molar-refractivity contribution in [2.24, 2.45) is 0 Å². The molecule has 2 aromatic heterocycles. The number of phosphoric acid groups is 1. The van der Waals surface area contributed by atoms with Gasteiger partial charge in [0.15, 0.2) is 17.7 Å². The Hall–Kier alpha value is -1.66. The normalized spacial score (nSPS) is 27.9. The molecule has 0 spiro atoms. The smallest absolute Gasteiger partial charge is 0.394 e. The number of nitrogen functional groups attached to an aromatic ring is 1. The van der Waals surface area contributed by atoms with E-state index in [1.54, 1.807) is 0 Å². The first-order valence-corrected chi connectivity index (χ1v) is 9.90. The van der Waals surface area contributed by atoms with Gasteiger partial charge in [0.05, 0.1) is 19.5 Å². The highest BCUT2D eigenvalue weighted by Gasteiger charge is 2.49. The molecular formula is C14H22N5O7P. The molecule has 12 nitrogen and oxygen atoms in total. The molecule has 5 N–H and O–H groups in total. The van der Waals surface area contributed by atoms with E-state index in [1.165, 1.54) is 17.2 Å². The van der Waals surface area contributed by atoms with Gasteiger partial charge in [0, 0.05) is 0 Å². The van der Waals surface area contributed by atoms with Crippen molar-refractivity contribution in [3.63, 3.8) is 0 Å². The van der Waals surface area contributed by atoms with E-state index in [0.717, 1.165) is 6.42 Å². The molecule has 0 aromatic carbocycles. The summed E-state index contributed by atoms with van der Waals surface area (Å²) in [5, 5.41) is 20.2. The lowest BCUT2D eigenvalue weighted by Crippen LogP contribution is -2.35. The number of nitrogens with zero attached hydrogens (tertiary/aromatic N) is 4. The number of aliphatic hydroxyl groups excluding tert-OH is 2. The molecule has 3 rings (SSSR count). The van der Waals surface area contributed by atoms with Gasteiger partial charge in [-0.25, -0.2) is 19.5 Å². The largest absolute Gasteiger partial charge is 0.472 e. The number of hydrogen-bond acceptors (Lipinski definition) is 10. The van der Waals surface area contributed by atoms with Crippen LogP contribution in [0.15, 0.2) is 12.7 Å². The summed E-state index contributed by atoms with van der Waals surface area (Å²) >= 11 is 0. The quantitative estimate of drug-likeness (QED) is 0.344. The summed E-state index contributed by atoms with van der Waals surface area (Å²) in [7, 11) is -4.44. The number of unbranched alkanes of at least 4 members (excludes halogenated alkanes) is 1. The number of nitrogens with two attached hydrogens (primary N) is 1. The average Bonchev–Trinajstić information content (AvgIpc) is 3.18. The monoisotopic (exact) mass is 403 g/mol. The zero-order valence-electron chi connectivity index (χ0n) is 14.6. The third-order valence-electron chi connectivity index (χ3n) is 4.16. The molecule has 3 heterocycles. The maximum absolute atomic E-state index is 12.1. The van der Waals surface area contributed by atoms with E-state index in [1.807, 2.05) is 6.92 Å². The molecule has 0 amide bonds. The molecule has 0 saturated carbocycles. The summed E-state index contributed by atoms with van der Waals surface area (Å²) in [4.78, 5) is 21.9. The molecule has 1 fully saturated rings. The van der Waals surface area contributed by atoms with Gasteiger partial charge in [-0.3, -0.25) is 13.6 Å². The predicted octanol–water partition coefficient (Wildman–Crippen LogP) is -0.0386. The first-order chi connectivity index (χ1) is 12.9. The van der Waals surface area contributed by atoms with Crippen LogP contribution in [0.3, 0.4) is 0 Å². The summed E-state index contributed by atoms with van der Waals surface area (Å²) < 4.78 is 29.1. The van der Waals surface area contributed by atoms with Crippen LogP contribution in [0.2, 0.25) is 0 Å². The van der Waals surface area contributed by atoms with E-state index < -0.39 is 39.0 Å². The Kier molecular flexibility index (Phi) is 6.06. The Morgan fingerprint density at radius 1 is 1.41 bits per heavy atom. The second-order valence-electron chi connectivity index (χ2n) is 6.05. The van der Waals surface area contributed by atoms with E-state index in [2.05, 4.69) is 15.0 Å². The topological polar surface area (TPSA) is 175 Å². The van der Waals surface area contributed by atoms with E-state index >= 15 is 0 Å². The zero-order chi connectivity index (χ0) is 19.6. The number of anilines is 1. The SMILES string of the molecule is CCCCOP(=O)(O)OC1C(CO)OC(n2cnc3c(N)ncnc32)C1O. The Bertz CT molecular complexity index is 833. The highest BCUT2D eigenvalue weighted by atomic mass is 31.2. The maximum atomic E-state index is 12.1. The Balaban J connectivity index is 1.81. The minimum Gasteiger partial charge on any atom is -0.394 e. The van der Waals surface area contributed by atoms with Gasteiger partial charge in [-0.1, -0.05) is 13.3 Å². The predicted molar refractivity (Wildman–Crippen MR) is 92.3 cm³/mol. The number of fused-ring (bicyclic) bond motifs is 1. The summed E-state index contributed by atoms with van der Waals surface area (Å²) in [6, 6.07) is 0. The molecule has 1 aliphatic rings. The molecule has 150 valence electrons. The highest BCUT2D eigenvalue weighted by Crippen LogP contribution is 2.48. The second kappa shape index (κ2) is 8.15. The van der Waals surface area contributed by atoms with Crippen LogP contribution in [0, 0.1) is 0 Å². The van der Waals surface area contributed by atoms with Crippen LogP contribution in [-0.4, -0.2) is 66.2 Å². The summed E-state index contributed by atoms with van der Waals surface area (Å²) in [5.74, 6) is 0.155. The average molecular weight is 403 g/mol. The van der Waals surface area contributed by atoms with Crippen molar-refractivity contribution in [3.05, 3.63) is 12.7 Å². The fourth-order valence-electron chi connectivity index (χ4n) is 2.79. The molecule has 2 aromatic rings. The number of imidazole rings is 1. The van der Waals surface area contributed by atoms with Crippen LogP contribution in [0.1, 0.15) is 26.0 Å². The van der Waals surface area contributed by atoms with E-state index in [-0.39, 0.29) is 12.4 Å². The minimum atomic E-state index is -4.44. The summed E-state index contributed by atoms with van der Waals surface area (Å²) in [6.07, 6.45) is -0.894. The van der Waals surface area contributed by atoms with Crippen LogP contribution < -0.4 is 5.73 Å². The number of aliphatic hydroxyl groups is 2. The van der Waals surface area contributed by atoms with E-state index in [9.17, 15) is 19.7 Å². The van der Waals surface area contributed by atoms with Crippen molar-refractivity contribution in [1.29, 1.82) is 0 Å². The van der Waals surface area contributed by atoms with Crippen LogP contribution in [0.4, 0.5) is 5.82 Å². The Labute approximate surface area is 154 Å². The summed E-state index contributed by atoms with van der Waals surface area (Å²) in [5.41, 5.74) is 6.36. The molecule has 5 unspecified atom stereocenters. The van der Waals surface area contributed by atoms with Crippen LogP contribution >= 0.6 is 7.82 Å². The minimum absolute atomic E-state index is 0.0313. The summed E-state index contributed by atoms with van der Waals surface area (Å²) in [6.45, 7) is 1.39. The third kappa shape index (κ3) is 4.11. The fraction of sp³-hybridized carbons (Fsp3) is 0.643. The van der Waals surface area contributed by atoms with E-state index in [4.69, 9.17) is 19.5 Å². The lowest BCUT2D eigenvalue weighted by molar-refractivity contribution is -0.0511. The first kappa shape index (κ1) is 20.1. The van der Waals surface area contributed by atoms with E-state index in [0.29, 0.717) is 17.6 Å². The van der Waals surface area contributed by atoms with Crippen molar-refractivity contribution >= 4 is 24.8 Å². The molecular weight excluding hydrogens is 381 g/mol. The number of aromatic nitrogens is 4. The zero-order valence-corrected chi connectivity index (χ0v) is 15.5. The molecule has 1 saturated heterocycles. The fourth-order valence-corrected chi connectivity index (χ4v) is 3.78. The van der Waals surface area contributed by atoms with Gasteiger partial charge < -0.3 is 25.6 Å². The molecule has 27 heavy (non-hydrogen) atoms. The van der Waals surface area contributed by atoms with Gasteiger partial charge in [0.25, 0.3) is 0 Å². The Morgan fingerprint density at radius 3 is 2.89 bits per heavy atom. The lowest BCUT2D eigenvalue weighted by atomic mass is 10.1. The number of ether oxygens (including phenoxy) is 1. The maximum Gasteiger partial charge on any atom is 0.472 e. The van der Waals surface area contributed by atoms with Gasteiger partial charge in [0.2, 0.25) is 0 Å². The Morgan fingerprint density at radius 2 is 2.19 bits per heavy atom. The first-order valence-electron chi connectivity index (χ1n) is 8.41.